The van der Waals surface area contributed by atoms with Gasteiger partial charge in [-0.1, -0.05) is 0 Å². The Morgan fingerprint density at radius 1 is 0.944 bits per heavy atom. The molecule has 1 aliphatic heterocycles. The maximum absolute atomic E-state index is 13.3. The monoisotopic (exact) mass is 289 g/mol. The van der Waals surface area contributed by atoms with Crippen molar-refractivity contribution in [1.82, 2.24) is 5.32 Å². The van der Waals surface area contributed by atoms with Crippen LogP contribution in [0.25, 0.3) is 0 Å². The SMILES string of the molecule is Cl.O=C1N[C@H](c2c(F)c(F)c(F)c(F)c2F)CO1. The molecule has 0 saturated carbocycles. The van der Waals surface area contributed by atoms with Crippen LogP contribution in [0.3, 0.4) is 0 Å². The molecule has 1 heterocycles. The highest BCUT2D eigenvalue weighted by atomic mass is 35.5. The normalized spacial score (nSPS) is 18.1. The van der Waals surface area contributed by atoms with Gasteiger partial charge in [-0.25, -0.2) is 26.7 Å². The summed E-state index contributed by atoms with van der Waals surface area (Å²) in [6.45, 7) is -0.503. The maximum Gasteiger partial charge on any atom is 0.407 e. The second-order valence-corrected chi connectivity index (χ2v) is 3.28. The summed E-state index contributed by atoms with van der Waals surface area (Å²) in [7, 11) is 0. The number of ether oxygens (including phenoxy) is 1. The fraction of sp³-hybridized carbons (Fsp3) is 0.222. The molecule has 0 spiro atoms. The Hall–Kier alpha value is -1.57. The molecule has 1 aliphatic rings. The van der Waals surface area contributed by atoms with Crippen LogP contribution in [0.2, 0.25) is 0 Å². The van der Waals surface area contributed by atoms with Crippen molar-refractivity contribution in [3.8, 4) is 0 Å². The van der Waals surface area contributed by atoms with Crippen LogP contribution in [0.1, 0.15) is 11.6 Å². The molecule has 100 valence electrons. The van der Waals surface area contributed by atoms with Gasteiger partial charge in [-0.2, -0.15) is 0 Å². The number of rotatable bonds is 1. The number of alkyl carbamates (subject to hydrolysis) is 1. The van der Waals surface area contributed by atoms with E-state index >= 15 is 0 Å². The van der Waals surface area contributed by atoms with Crippen molar-refractivity contribution >= 4 is 18.5 Å². The third kappa shape index (κ3) is 2.07. The van der Waals surface area contributed by atoms with Crippen LogP contribution in [-0.2, 0) is 4.74 Å². The van der Waals surface area contributed by atoms with Crippen molar-refractivity contribution in [3.05, 3.63) is 34.6 Å². The van der Waals surface area contributed by atoms with Crippen LogP contribution in [-0.4, -0.2) is 12.7 Å². The van der Waals surface area contributed by atoms with Gasteiger partial charge in [0, 0.05) is 0 Å². The van der Waals surface area contributed by atoms with Gasteiger partial charge in [0.25, 0.3) is 0 Å². The van der Waals surface area contributed by atoms with E-state index in [1.807, 2.05) is 5.32 Å². The number of hydrogen-bond acceptors (Lipinski definition) is 2. The zero-order valence-corrected chi connectivity index (χ0v) is 9.22. The molecule has 0 unspecified atom stereocenters. The van der Waals surface area contributed by atoms with E-state index in [-0.39, 0.29) is 12.4 Å². The lowest BCUT2D eigenvalue weighted by Gasteiger charge is -2.12. The molecule has 18 heavy (non-hydrogen) atoms. The first-order chi connectivity index (χ1) is 7.93. The minimum absolute atomic E-state index is 0. The Labute approximate surface area is 103 Å². The molecule has 2 rings (SSSR count). The van der Waals surface area contributed by atoms with E-state index in [0.717, 1.165) is 0 Å². The first-order valence-electron chi connectivity index (χ1n) is 4.38. The molecular weight excluding hydrogens is 285 g/mol. The van der Waals surface area contributed by atoms with Gasteiger partial charge in [0.1, 0.15) is 6.61 Å². The van der Waals surface area contributed by atoms with Crippen molar-refractivity contribution in [2.24, 2.45) is 0 Å². The number of halogens is 6. The molecule has 1 N–H and O–H groups in total. The topological polar surface area (TPSA) is 38.3 Å². The highest BCUT2D eigenvalue weighted by Crippen LogP contribution is 2.29. The van der Waals surface area contributed by atoms with Crippen LogP contribution in [0.15, 0.2) is 0 Å². The van der Waals surface area contributed by atoms with E-state index in [4.69, 9.17) is 0 Å². The predicted octanol–water partition coefficient (Wildman–Crippen LogP) is 2.58. The second-order valence-electron chi connectivity index (χ2n) is 3.28. The molecule has 3 nitrogen and oxygen atoms in total. The summed E-state index contributed by atoms with van der Waals surface area (Å²) in [5.74, 6) is -10.3. The van der Waals surface area contributed by atoms with E-state index in [1.165, 1.54) is 0 Å². The molecule has 0 aromatic heterocycles. The molecule has 1 saturated heterocycles. The van der Waals surface area contributed by atoms with Crippen LogP contribution in [0.5, 0.6) is 0 Å². The van der Waals surface area contributed by atoms with Crippen molar-refractivity contribution < 1.29 is 31.5 Å². The lowest BCUT2D eigenvalue weighted by molar-refractivity contribution is 0.176. The summed E-state index contributed by atoms with van der Waals surface area (Å²) in [5.41, 5.74) is -1.10. The van der Waals surface area contributed by atoms with E-state index in [1.54, 1.807) is 0 Å². The average Bonchev–Trinajstić information content (AvgIpc) is 2.71. The molecule has 1 fully saturated rings. The minimum Gasteiger partial charge on any atom is -0.447 e. The number of carbonyl (C=O) groups excluding carboxylic acids is 1. The Bertz CT molecular complexity index is 481. The molecule has 1 atom stereocenters. The van der Waals surface area contributed by atoms with Gasteiger partial charge in [0.2, 0.25) is 5.82 Å². The summed E-state index contributed by atoms with van der Waals surface area (Å²) < 4.78 is 69.2. The van der Waals surface area contributed by atoms with Gasteiger partial charge < -0.3 is 10.1 Å². The highest BCUT2D eigenvalue weighted by Gasteiger charge is 2.34. The quantitative estimate of drug-likeness (QED) is 0.490. The summed E-state index contributed by atoms with van der Waals surface area (Å²) in [5, 5.41) is 1.93. The zero-order chi connectivity index (χ0) is 12.7. The van der Waals surface area contributed by atoms with Gasteiger partial charge in [0.05, 0.1) is 11.6 Å². The standard InChI is InChI=1S/C9H4F5NO2.ClH/c10-4-3(2-1-17-9(16)15-2)5(11)7(13)8(14)6(4)12;/h2H,1H2,(H,15,16);1H/t2-;/m0./s1. The number of amides is 1. The summed E-state index contributed by atoms with van der Waals surface area (Å²) >= 11 is 0. The lowest BCUT2D eigenvalue weighted by Crippen LogP contribution is -2.22. The molecule has 1 amide bonds. The predicted molar refractivity (Wildman–Crippen MR) is 50.7 cm³/mol. The number of hydrogen-bond donors (Lipinski definition) is 1. The van der Waals surface area contributed by atoms with Crippen LogP contribution < -0.4 is 5.32 Å². The molecule has 0 bridgehead atoms. The average molecular weight is 290 g/mol. The minimum atomic E-state index is -2.24. The zero-order valence-electron chi connectivity index (χ0n) is 8.40. The van der Waals surface area contributed by atoms with Crippen LogP contribution >= 0.6 is 12.4 Å². The Morgan fingerprint density at radius 2 is 1.39 bits per heavy atom. The Morgan fingerprint density at radius 3 is 1.78 bits per heavy atom. The second kappa shape index (κ2) is 4.97. The Balaban J connectivity index is 0.00000162. The molecule has 1 aromatic carbocycles. The fourth-order valence-corrected chi connectivity index (χ4v) is 1.47. The number of carbonyl (C=O) groups is 1. The van der Waals surface area contributed by atoms with Gasteiger partial charge >= 0.3 is 6.09 Å². The van der Waals surface area contributed by atoms with E-state index in [2.05, 4.69) is 4.74 Å². The molecule has 0 aliphatic carbocycles. The lowest BCUT2D eigenvalue weighted by atomic mass is 10.1. The van der Waals surface area contributed by atoms with Crippen molar-refractivity contribution in [2.75, 3.05) is 6.61 Å². The van der Waals surface area contributed by atoms with Crippen molar-refractivity contribution in [2.45, 2.75) is 6.04 Å². The molecular formula is C9H5ClF5NO2. The molecule has 0 radical (unpaired) electrons. The van der Waals surface area contributed by atoms with Crippen LogP contribution in [0.4, 0.5) is 26.7 Å². The van der Waals surface area contributed by atoms with E-state index in [0.29, 0.717) is 0 Å². The number of nitrogens with one attached hydrogen (secondary N) is 1. The summed E-state index contributed by atoms with van der Waals surface area (Å²) in [6.07, 6.45) is -0.987. The Kier molecular flexibility index (Phi) is 4.00. The maximum atomic E-state index is 13.3. The molecule has 9 heteroatoms. The van der Waals surface area contributed by atoms with Gasteiger partial charge in [0.15, 0.2) is 23.3 Å². The third-order valence-corrected chi connectivity index (χ3v) is 2.27. The first-order valence-corrected chi connectivity index (χ1v) is 4.38. The van der Waals surface area contributed by atoms with Gasteiger partial charge in [-0.3, -0.25) is 0 Å². The highest BCUT2D eigenvalue weighted by molar-refractivity contribution is 5.85. The number of benzene rings is 1. The van der Waals surface area contributed by atoms with Crippen molar-refractivity contribution in [3.63, 3.8) is 0 Å². The fourth-order valence-electron chi connectivity index (χ4n) is 1.47. The summed E-state index contributed by atoms with van der Waals surface area (Å²) in [6, 6.07) is -1.40. The third-order valence-electron chi connectivity index (χ3n) is 2.27. The largest absolute Gasteiger partial charge is 0.447 e. The first kappa shape index (κ1) is 14.5. The van der Waals surface area contributed by atoms with Crippen LogP contribution in [0, 0.1) is 29.1 Å². The summed E-state index contributed by atoms with van der Waals surface area (Å²) in [4.78, 5) is 10.6. The van der Waals surface area contributed by atoms with Crippen molar-refractivity contribution in [1.29, 1.82) is 0 Å². The van der Waals surface area contributed by atoms with Gasteiger partial charge in [-0.15, -0.1) is 12.4 Å². The number of cyclic esters (lactones) is 1. The van der Waals surface area contributed by atoms with Gasteiger partial charge in [-0.05, 0) is 0 Å². The molecule has 1 aromatic rings. The van der Waals surface area contributed by atoms with E-state index < -0.39 is 53.4 Å². The van der Waals surface area contributed by atoms with E-state index in [9.17, 15) is 26.7 Å². The smallest absolute Gasteiger partial charge is 0.407 e.